The van der Waals surface area contributed by atoms with Crippen LogP contribution in [0.5, 0.6) is 5.75 Å². The largest absolute Gasteiger partial charge is 0.495 e. The van der Waals surface area contributed by atoms with Gasteiger partial charge in [0.15, 0.2) is 0 Å². The number of sulfonamides is 1. The van der Waals surface area contributed by atoms with E-state index in [2.05, 4.69) is 10.1 Å². The zero-order valence-electron chi connectivity index (χ0n) is 15.2. The Balaban J connectivity index is 1.70. The van der Waals surface area contributed by atoms with Crippen LogP contribution in [0.25, 0.3) is 0 Å². The van der Waals surface area contributed by atoms with Crippen LogP contribution in [0.15, 0.2) is 23.1 Å². The van der Waals surface area contributed by atoms with Crippen molar-refractivity contribution in [2.24, 2.45) is 5.92 Å². The molecule has 1 saturated heterocycles. The van der Waals surface area contributed by atoms with E-state index in [1.807, 2.05) is 0 Å². The molecule has 3 rings (SSSR count). The Morgan fingerprint density at radius 3 is 2.46 bits per heavy atom. The topological polar surface area (TPSA) is 84.9 Å². The minimum atomic E-state index is -3.67. The number of nitrogens with zero attached hydrogens (tertiary/aromatic N) is 1. The van der Waals surface area contributed by atoms with Crippen LogP contribution in [-0.2, 0) is 14.8 Å². The standard InChI is InChI=1S/C18H26N2O5S/c1-24-16-11-14(18(21)25-2)5-6-17(16)26(22,23)20-9-7-15(8-10-20)19-12-13-3-4-13/h5-6,11,13,15,19H,3-4,7-10,12H2,1-2H3. The Hall–Kier alpha value is -1.64. The van der Waals surface area contributed by atoms with Crippen LogP contribution in [0.2, 0.25) is 0 Å². The van der Waals surface area contributed by atoms with Crippen molar-refractivity contribution in [1.82, 2.24) is 9.62 Å². The molecule has 1 aliphatic heterocycles. The van der Waals surface area contributed by atoms with E-state index in [9.17, 15) is 13.2 Å². The van der Waals surface area contributed by atoms with Crippen LogP contribution < -0.4 is 10.1 Å². The number of esters is 1. The summed E-state index contributed by atoms with van der Waals surface area (Å²) >= 11 is 0. The molecule has 2 aliphatic rings. The Bertz CT molecular complexity index is 753. The van der Waals surface area contributed by atoms with Crippen molar-refractivity contribution in [1.29, 1.82) is 0 Å². The average Bonchev–Trinajstić information content (AvgIpc) is 3.50. The predicted octanol–water partition coefficient (Wildman–Crippen LogP) is 1.63. The highest BCUT2D eigenvalue weighted by molar-refractivity contribution is 7.89. The molecule has 0 bridgehead atoms. The first-order valence-electron chi connectivity index (χ1n) is 8.95. The van der Waals surface area contributed by atoms with Crippen LogP contribution in [-0.4, -0.2) is 58.6 Å². The SMILES string of the molecule is COC(=O)c1ccc(S(=O)(=O)N2CCC(NCC3CC3)CC2)c(OC)c1. The number of nitrogens with one attached hydrogen (secondary N) is 1. The number of ether oxygens (including phenoxy) is 2. The second-order valence-electron chi connectivity index (χ2n) is 6.89. The van der Waals surface area contributed by atoms with E-state index in [1.54, 1.807) is 0 Å². The number of rotatable bonds is 7. The zero-order chi connectivity index (χ0) is 18.7. The molecule has 7 nitrogen and oxygen atoms in total. The molecule has 1 N–H and O–H groups in total. The third kappa shape index (κ3) is 4.19. The molecule has 1 heterocycles. The molecule has 0 spiro atoms. The van der Waals surface area contributed by atoms with E-state index < -0.39 is 16.0 Å². The van der Waals surface area contributed by atoms with Crippen molar-refractivity contribution >= 4 is 16.0 Å². The van der Waals surface area contributed by atoms with E-state index in [1.165, 1.54) is 49.6 Å². The second-order valence-corrected chi connectivity index (χ2v) is 8.79. The van der Waals surface area contributed by atoms with E-state index >= 15 is 0 Å². The van der Waals surface area contributed by atoms with Gasteiger partial charge in [-0.05, 0) is 56.3 Å². The fourth-order valence-electron chi connectivity index (χ4n) is 3.22. The van der Waals surface area contributed by atoms with Gasteiger partial charge in [0.25, 0.3) is 0 Å². The highest BCUT2D eigenvalue weighted by Gasteiger charge is 2.32. The fourth-order valence-corrected chi connectivity index (χ4v) is 4.83. The van der Waals surface area contributed by atoms with Crippen molar-refractivity contribution in [2.75, 3.05) is 33.9 Å². The quantitative estimate of drug-likeness (QED) is 0.722. The molecule has 0 unspecified atom stereocenters. The highest BCUT2D eigenvalue weighted by atomic mass is 32.2. The van der Waals surface area contributed by atoms with Gasteiger partial charge in [-0.15, -0.1) is 0 Å². The number of hydrogen-bond donors (Lipinski definition) is 1. The van der Waals surface area contributed by atoms with Gasteiger partial charge in [0.2, 0.25) is 10.0 Å². The molecule has 144 valence electrons. The molecule has 1 aliphatic carbocycles. The van der Waals surface area contributed by atoms with Gasteiger partial charge in [0, 0.05) is 19.1 Å². The van der Waals surface area contributed by atoms with Crippen LogP contribution in [0.1, 0.15) is 36.0 Å². The third-order valence-corrected chi connectivity index (χ3v) is 6.99. The molecule has 1 aromatic rings. The summed E-state index contributed by atoms with van der Waals surface area (Å²) in [5, 5.41) is 3.55. The summed E-state index contributed by atoms with van der Waals surface area (Å²) in [6.07, 6.45) is 4.21. The van der Waals surface area contributed by atoms with Gasteiger partial charge in [-0.2, -0.15) is 4.31 Å². The van der Waals surface area contributed by atoms with Gasteiger partial charge in [-0.3, -0.25) is 0 Å². The Morgan fingerprint density at radius 1 is 1.19 bits per heavy atom. The molecule has 1 aromatic carbocycles. The van der Waals surface area contributed by atoms with E-state index in [-0.39, 0.29) is 16.2 Å². The first-order chi connectivity index (χ1) is 12.5. The number of hydrogen-bond acceptors (Lipinski definition) is 6. The lowest BCUT2D eigenvalue weighted by atomic mass is 10.1. The van der Waals surface area contributed by atoms with Crippen molar-refractivity contribution in [3.8, 4) is 5.75 Å². The molecule has 8 heteroatoms. The molecule has 26 heavy (non-hydrogen) atoms. The van der Waals surface area contributed by atoms with Gasteiger partial charge >= 0.3 is 5.97 Å². The van der Waals surface area contributed by atoms with E-state index in [4.69, 9.17) is 4.74 Å². The number of carbonyl (C=O) groups is 1. The first kappa shape index (κ1) is 19.1. The zero-order valence-corrected chi connectivity index (χ0v) is 16.0. The Morgan fingerprint density at radius 2 is 1.88 bits per heavy atom. The predicted molar refractivity (Wildman–Crippen MR) is 96.8 cm³/mol. The lowest BCUT2D eigenvalue weighted by Gasteiger charge is -2.32. The number of piperidine rings is 1. The van der Waals surface area contributed by atoms with Gasteiger partial charge in [-0.25, -0.2) is 13.2 Å². The summed E-state index contributed by atoms with van der Waals surface area (Å²) in [6, 6.07) is 4.65. The molecule has 2 fully saturated rings. The molecule has 0 aromatic heterocycles. The lowest BCUT2D eigenvalue weighted by molar-refractivity contribution is 0.0600. The highest BCUT2D eigenvalue weighted by Crippen LogP contribution is 2.31. The fraction of sp³-hybridized carbons (Fsp3) is 0.611. The molecule has 0 amide bonds. The summed E-state index contributed by atoms with van der Waals surface area (Å²) < 4.78 is 37.4. The second kappa shape index (κ2) is 7.94. The van der Waals surface area contributed by atoms with Gasteiger partial charge < -0.3 is 14.8 Å². The monoisotopic (exact) mass is 382 g/mol. The van der Waals surface area contributed by atoms with E-state index in [0.29, 0.717) is 19.1 Å². The number of carbonyl (C=O) groups excluding carboxylic acids is 1. The van der Waals surface area contributed by atoms with Crippen LogP contribution in [0.3, 0.4) is 0 Å². The molecular weight excluding hydrogens is 356 g/mol. The summed E-state index contributed by atoms with van der Waals surface area (Å²) in [4.78, 5) is 11.7. The van der Waals surface area contributed by atoms with Crippen LogP contribution in [0, 0.1) is 5.92 Å². The normalized spacial score (nSPS) is 19.3. The van der Waals surface area contributed by atoms with Crippen molar-refractivity contribution in [3.63, 3.8) is 0 Å². The van der Waals surface area contributed by atoms with Crippen LogP contribution in [0.4, 0.5) is 0 Å². The van der Waals surface area contributed by atoms with Crippen LogP contribution >= 0.6 is 0 Å². The smallest absolute Gasteiger partial charge is 0.337 e. The van der Waals surface area contributed by atoms with Crippen molar-refractivity contribution < 1.29 is 22.7 Å². The summed E-state index contributed by atoms with van der Waals surface area (Å²) in [5.41, 5.74) is 0.256. The van der Waals surface area contributed by atoms with Gasteiger partial charge in [0.05, 0.1) is 19.8 Å². The number of methoxy groups -OCH3 is 2. The maximum atomic E-state index is 13.0. The molecular formula is C18H26N2O5S. The maximum absolute atomic E-state index is 13.0. The summed E-state index contributed by atoms with van der Waals surface area (Å²) in [7, 11) is -0.997. The van der Waals surface area contributed by atoms with Gasteiger partial charge in [-0.1, -0.05) is 0 Å². The Kier molecular flexibility index (Phi) is 5.84. The molecule has 0 radical (unpaired) electrons. The molecule has 1 saturated carbocycles. The number of benzene rings is 1. The lowest BCUT2D eigenvalue weighted by Crippen LogP contribution is -2.45. The molecule has 0 atom stereocenters. The first-order valence-corrected chi connectivity index (χ1v) is 10.4. The maximum Gasteiger partial charge on any atom is 0.337 e. The average molecular weight is 382 g/mol. The van der Waals surface area contributed by atoms with E-state index in [0.717, 1.165) is 25.3 Å². The minimum Gasteiger partial charge on any atom is -0.495 e. The van der Waals surface area contributed by atoms with Crippen molar-refractivity contribution in [3.05, 3.63) is 23.8 Å². The summed E-state index contributed by atoms with van der Waals surface area (Å²) in [6.45, 7) is 2.00. The van der Waals surface area contributed by atoms with Crippen molar-refractivity contribution in [2.45, 2.75) is 36.6 Å². The minimum absolute atomic E-state index is 0.0806. The third-order valence-electron chi connectivity index (χ3n) is 5.05. The van der Waals surface area contributed by atoms with Gasteiger partial charge in [0.1, 0.15) is 10.6 Å². The summed E-state index contributed by atoms with van der Waals surface area (Å²) in [5.74, 6) is 0.436. The Labute approximate surface area is 154 Å².